The molecule has 9 rings (SSSR count). The number of hydrogen-bond donors (Lipinski definition) is 3. The summed E-state index contributed by atoms with van der Waals surface area (Å²) in [5.41, 5.74) is 4.91. The number of piperidine rings is 4. The van der Waals surface area contributed by atoms with Crippen LogP contribution in [0.5, 0.6) is 5.75 Å². The average molecular weight is 798 g/mol. The first-order chi connectivity index (χ1) is 28.8. The van der Waals surface area contributed by atoms with E-state index in [1.54, 1.807) is 6.07 Å². The normalized spacial score (nSPS) is 23.2. The average Bonchev–Trinajstić information content (AvgIpc) is 3.55. The third kappa shape index (κ3) is 9.78. The van der Waals surface area contributed by atoms with Crippen LogP contribution in [0.4, 0.5) is 11.4 Å². The first-order valence-corrected chi connectivity index (χ1v) is 21.9. The van der Waals surface area contributed by atoms with Gasteiger partial charge in [0.25, 0.3) is 0 Å². The van der Waals surface area contributed by atoms with Crippen molar-refractivity contribution in [2.45, 2.75) is 69.6 Å². The second-order valence-electron chi connectivity index (χ2n) is 17.4. The summed E-state index contributed by atoms with van der Waals surface area (Å²) in [5.74, 6) is 2.08. The summed E-state index contributed by atoms with van der Waals surface area (Å²) in [4.78, 5) is 42.3. The van der Waals surface area contributed by atoms with Crippen LogP contribution in [-0.4, -0.2) is 90.3 Å². The van der Waals surface area contributed by atoms with Crippen molar-refractivity contribution in [1.29, 1.82) is 0 Å². The van der Waals surface area contributed by atoms with E-state index in [0.29, 0.717) is 48.9 Å². The molecule has 5 heterocycles. The van der Waals surface area contributed by atoms with E-state index in [2.05, 4.69) is 96.2 Å². The van der Waals surface area contributed by atoms with Crippen molar-refractivity contribution in [3.63, 3.8) is 0 Å². The van der Waals surface area contributed by atoms with Gasteiger partial charge in [-0.25, -0.2) is 0 Å². The first-order valence-electron chi connectivity index (χ1n) is 21.9. The molecule has 5 aliphatic rings. The Balaban J connectivity index is 0.000000543. The number of amides is 3. The molecule has 0 spiro atoms. The van der Waals surface area contributed by atoms with Gasteiger partial charge in [-0.1, -0.05) is 60.7 Å². The van der Waals surface area contributed by atoms with E-state index in [0.717, 1.165) is 63.7 Å². The number of nitrogens with zero attached hydrogens (tertiary/aromatic N) is 5. The molecule has 3 N–H and O–H groups in total. The molecular weight excluding hydrogens is 739 g/mol. The molecule has 4 aromatic rings. The Hall–Kier alpha value is -5.29. The number of hydrogen-bond acceptors (Lipinski definition) is 9. The summed E-state index contributed by atoms with van der Waals surface area (Å²) in [6, 6.07) is 30.9. The van der Waals surface area contributed by atoms with Crippen LogP contribution in [0.2, 0.25) is 0 Å². The predicted octanol–water partition coefficient (Wildman–Crippen LogP) is 6.58. The Morgan fingerprint density at radius 2 is 1.41 bits per heavy atom. The fourth-order valence-corrected chi connectivity index (χ4v) is 10.4. The minimum atomic E-state index is -0.138. The maximum Gasteiger partial charge on any atom is 0.226 e. The first kappa shape index (κ1) is 40.5. The molecule has 310 valence electrons. The highest BCUT2D eigenvalue weighted by molar-refractivity contribution is 5.97. The number of para-hydroxylation sites is 2. The van der Waals surface area contributed by atoms with Crippen molar-refractivity contribution in [3.8, 4) is 17.0 Å². The van der Waals surface area contributed by atoms with Crippen LogP contribution in [0.3, 0.4) is 0 Å². The van der Waals surface area contributed by atoms with E-state index < -0.39 is 0 Å². The predicted molar refractivity (Wildman–Crippen MR) is 231 cm³/mol. The fourth-order valence-electron chi connectivity index (χ4n) is 10.4. The molecule has 3 amide bonds. The zero-order valence-corrected chi connectivity index (χ0v) is 34.2. The van der Waals surface area contributed by atoms with Crippen molar-refractivity contribution < 1.29 is 19.5 Å². The van der Waals surface area contributed by atoms with Crippen LogP contribution >= 0.6 is 0 Å². The van der Waals surface area contributed by atoms with Crippen LogP contribution in [-0.2, 0) is 19.8 Å². The number of carbonyl (C=O) groups is 3. The van der Waals surface area contributed by atoms with Crippen LogP contribution in [0.15, 0.2) is 97.2 Å². The van der Waals surface area contributed by atoms with Gasteiger partial charge in [0.2, 0.25) is 17.7 Å². The number of nitrogens with one attached hydrogen (secondary N) is 2. The number of phenols is 1. The van der Waals surface area contributed by atoms with Crippen LogP contribution in [0.1, 0.15) is 69.8 Å². The largest absolute Gasteiger partial charge is 0.507 e. The molecule has 2 atom stereocenters. The SMILES string of the molecule is O=C(NCC1(c2ccccc2)CCN(c2cnnc(-c3ccccc3O)c2)CC1)C1C2CCC1CN(CCC1CCN(c3ccccc3)CC1)C2.O=C1CCCC(=O)N1. The summed E-state index contributed by atoms with van der Waals surface area (Å²) < 4.78 is 0. The lowest BCUT2D eigenvalue weighted by molar-refractivity contribution is -0.133. The lowest BCUT2D eigenvalue weighted by atomic mass is 9.72. The van der Waals surface area contributed by atoms with Crippen LogP contribution < -0.4 is 20.4 Å². The summed E-state index contributed by atoms with van der Waals surface area (Å²) >= 11 is 0. The van der Waals surface area contributed by atoms with Crippen molar-refractivity contribution in [1.82, 2.24) is 25.7 Å². The zero-order valence-electron chi connectivity index (χ0n) is 34.2. The minimum absolute atomic E-state index is 0.121. The minimum Gasteiger partial charge on any atom is -0.507 e. The zero-order chi connectivity index (χ0) is 40.6. The van der Waals surface area contributed by atoms with Gasteiger partial charge in [0.05, 0.1) is 17.6 Å². The van der Waals surface area contributed by atoms with Gasteiger partial charge in [0, 0.05) is 81.2 Å². The molecule has 59 heavy (non-hydrogen) atoms. The second-order valence-corrected chi connectivity index (χ2v) is 17.4. The summed E-state index contributed by atoms with van der Waals surface area (Å²) in [5, 5.41) is 24.7. The second kappa shape index (κ2) is 18.7. The molecule has 11 heteroatoms. The summed E-state index contributed by atoms with van der Waals surface area (Å²) in [6.07, 6.45) is 11.6. The van der Waals surface area contributed by atoms with Crippen molar-refractivity contribution in [2.75, 3.05) is 62.2 Å². The van der Waals surface area contributed by atoms with Gasteiger partial charge in [-0.05, 0) is 112 Å². The Kier molecular flexibility index (Phi) is 12.9. The molecule has 1 saturated carbocycles. The molecule has 2 bridgehead atoms. The van der Waals surface area contributed by atoms with E-state index in [9.17, 15) is 19.5 Å². The number of fused-ring (bicyclic) bond motifs is 2. The quantitative estimate of drug-likeness (QED) is 0.152. The van der Waals surface area contributed by atoms with Gasteiger partial charge in [0.15, 0.2) is 0 Å². The highest BCUT2D eigenvalue weighted by atomic mass is 16.3. The summed E-state index contributed by atoms with van der Waals surface area (Å²) in [6.45, 7) is 8.00. The lowest BCUT2D eigenvalue weighted by Crippen LogP contribution is -2.52. The molecule has 11 nitrogen and oxygen atoms in total. The Morgan fingerprint density at radius 3 is 2.05 bits per heavy atom. The molecule has 5 fully saturated rings. The van der Waals surface area contributed by atoms with Gasteiger partial charge >= 0.3 is 0 Å². The monoisotopic (exact) mass is 797 g/mol. The Labute approximate surface area is 348 Å². The van der Waals surface area contributed by atoms with Crippen LogP contribution in [0.25, 0.3) is 11.3 Å². The molecule has 4 saturated heterocycles. The maximum absolute atomic E-state index is 14.0. The van der Waals surface area contributed by atoms with Gasteiger partial charge < -0.3 is 25.1 Å². The number of carbonyl (C=O) groups excluding carboxylic acids is 3. The van der Waals surface area contributed by atoms with E-state index in [4.69, 9.17) is 0 Å². The topological polar surface area (TPSA) is 131 Å². The third-order valence-electron chi connectivity index (χ3n) is 13.8. The van der Waals surface area contributed by atoms with E-state index in [-0.39, 0.29) is 34.8 Å². The van der Waals surface area contributed by atoms with Gasteiger partial charge in [-0.15, -0.1) is 0 Å². The van der Waals surface area contributed by atoms with Crippen molar-refractivity contribution in [2.24, 2.45) is 23.7 Å². The lowest BCUT2D eigenvalue weighted by Gasteiger charge is -2.44. The van der Waals surface area contributed by atoms with Crippen molar-refractivity contribution >= 4 is 29.1 Å². The standard InChI is InChI=1S/C43H52N6O2.C5H7NO2/c50-40-14-8-7-13-38(40)39-27-37(28-45-46-39)49-25-20-43(21-26-49,35-9-3-1-4-10-35)31-44-42(51)41-33-15-16-34(41)30-47(29-33)22-17-32-18-23-48(24-19-32)36-11-5-2-6-12-36;7-4-2-1-3-5(8)6-4/h1-14,27-28,32-34,41,50H,15-26,29-31H2,(H,44,51);1-3H2,(H,6,7,8). The molecule has 3 aromatic carbocycles. The number of aromatic hydroxyl groups is 1. The number of imide groups is 1. The Morgan fingerprint density at radius 1 is 0.780 bits per heavy atom. The van der Waals surface area contributed by atoms with Gasteiger partial charge in [-0.2, -0.15) is 10.2 Å². The molecule has 4 aliphatic heterocycles. The number of anilines is 2. The van der Waals surface area contributed by atoms with E-state index >= 15 is 0 Å². The number of phenolic OH excluding ortho intramolecular Hbond substituents is 1. The molecule has 1 aliphatic carbocycles. The van der Waals surface area contributed by atoms with Crippen molar-refractivity contribution in [3.05, 3.63) is 103 Å². The fraction of sp³-hybridized carbons (Fsp3) is 0.479. The van der Waals surface area contributed by atoms with Crippen LogP contribution in [0, 0.1) is 23.7 Å². The number of aromatic nitrogens is 2. The smallest absolute Gasteiger partial charge is 0.226 e. The maximum atomic E-state index is 14.0. The molecule has 2 unspecified atom stereocenters. The molecule has 0 radical (unpaired) electrons. The van der Waals surface area contributed by atoms with Gasteiger partial charge in [-0.3, -0.25) is 19.7 Å². The van der Waals surface area contributed by atoms with E-state index in [1.165, 1.54) is 49.9 Å². The number of benzene rings is 3. The van der Waals surface area contributed by atoms with E-state index in [1.807, 2.05) is 30.5 Å². The summed E-state index contributed by atoms with van der Waals surface area (Å²) in [7, 11) is 0. The number of likely N-dealkylation sites (tertiary alicyclic amines) is 1. The molecular formula is C48H59N7O4. The Bertz CT molecular complexity index is 2000. The number of rotatable bonds is 10. The third-order valence-corrected chi connectivity index (χ3v) is 13.8. The highest BCUT2D eigenvalue weighted by Crippen LogP contribution is 2.43. The highest BCUT2D eigenvalue weighted by Gasteiger charge is 2.46. The molecule has 1 aromatic heterocycles. The van der Waals surface area contributed by atoms with Gasteiger partial charge in [0.1, 0.15) is 5.75 Å².